The lowest BCUT2D eigenvalue weighted by molar-refractivity contribution is -0.147. The smallest absolute Gasteiger partial charge is 0.319 e. The summed E-state index contributed by atoms with van der Waals surface area (Å²) >= 11 is 6.59. The molecule has 26 heavy (non-hydrogen) atoms. The molecular weight excluding hydrogens is 356 g/mol. The number of para-hydroxylation sites is 1. The summed E-state index contributed by atoms with van der Waals surface area (Å²) in [6, 6.07) is 8.19. The van der Waals surface area contributed by atoms with Crippen LogP contribution in [0.1, 0.15) is 24.2 Å². The number of aryl methyl sites for hydroxylation is 1. The highest BCUT2D eigenvalue weighted by atomic mass is 35.5. The molecule has 136 valence electrons. The van der Waals surface area contributed by atoms with Crippen molar-refractivity contribution in [2.24, 2.45) is 5.92 Å². The van der Waals surface area contributed by atoms with Gasteiger partial charge in [0.2, 0.25) is 0 Å². The maximum Gasteiger partial charge on any atom is 0.319 e. The molecular formula is C18H19ClN4O3. The highest BCUT2D eigenvalue weighted by Gasteiger charge is 2.41. The number of amides is 2. The van der Waals surface area contributed by atoms with E-state index in [9.17, 15) is 9.59 Å². The van der Waals surface area contributed by atoms with E-state index >= 15 is 0 Å². The van der Waals surface area contributed by atoms with Crippen molar-refractivity contribution in [2.45, 2.75) is 19.9 Å². The number of carbonyl (C=O) groups is 2. The third-order valence-electron chi connectivity index (χ3n) is 4.17. The van der Waals surface area contributed by atoms with E-state index < -0.39 is 24.0 Å². The summed E-state index contributed by atoms with van der Waals surface area (Å²) < 4.78 is 6.72. The van der Waals surface area contributed by atoms with Crippen LogP contribution < -0.4 is 10.6 Å². The third-order valence-corrected chi connectivity index (χ3v) is 4.53. The lowest BCUT2D eigenvalue weighted by Gasteiger charge is -2.33. The average Bonchev–Trinajstić information content (AvgIpc) is 2.89. The Morgan fingerprint density at radius 1 is 1.38 bits per heavy atom. The van der Waals surface area contributed by atoms with Crippen LogP contribution in [-0.4, -0.2) is 28.4 Å². The number of esters is 1. The summed E-state index contributed by atoms with van der Waals surface area (Å²) in [5.74, 6) is -1.30. The molecule has 1 aliphatic rings. The molecule has 0 radical (unpaired) electrons. The van der Waals surface area contributed by atoms with Crippen LogP contribution >= 0.6 is 11.6 Å². The molecule has 1 aliphatic heterocycles. The van der Waals surface area contributed by atoms with Crippen molar-refractivity contribution >= 4 is 23.6 Å². The number of ether oxygens (including phenoxy) is 1. The fourth-order valence-corrected chi connectivity index (χ4v) is 3.43. The molecule has 1 aromatic carbocycles. The molecule has 1 fully saturated rings. The molecule has 2 aromatic rings. The van der Waals surface area contributed by atoms with E-state index in [2.05, 4.69) is 22.3 Å². The Kier molecular flexibility index (Phi) is 4.99. The van der Waals surface area contributed by atoms with Crippen LogP contribution in [-0.2, 0) is 9.53 Å². The summed E-state index contributed by atoms with van der Waals surface area (Å²) in [5, 5.41) is 10.1. The molecule has 1 saturated heterocycles. The molecule has 0 spiro atoms. The minimum atomic E-state index is -0.808. The zero-order valence-corrected chi connectivity index (χ0v) is 15.2. The summed E-state index contributed by atoms with van der Waals surface area (Å²) in [4.78, 5) is 24.4. The molecule has 1 aromatic heterocycles. The van der Waals surface area contributed by atoms with Gasteiger partial charge in [0, 0.05) is 11.3 Å². The van der Waals surface area contributed by atoms with Gasteiger partial charge in [-0.1, -0.05) is 36.4 Å². The lowest BCUT2D eigenvalue weighted by Crippen LogP contribution is -2.51. The van der Waals surface area contributed by atoms with Crippen LogP contribution in [0.2, 0.25) is 5.15 Å². The van der Waals surface area contributed by atoms with Gasteiger partial charge >= 0.3 is 12.0 Å². The molecule has 0 unspecified atom stereocenters. The van der Waals surface area contributed by atoms with Gasteiger partial charge in [-0.05, 0) is 26.0 Å². The Labute approximate surface area is 156 Å². The predicted molar refractivity (Wildman–Crippen MR) is 97.0 cm³/mol. The van der Waals surface area contributed by atoms with Gasteiger partial charge in [-0.2, -0.15) is 5.10 Å². The van der Waals surface area contributed by atoms with Crippen molar-refractivity contribution in [3.05, 3.63) is 59.0 Å². The first-order chi connectivity index (χ1) is 12.4. The number of halogens is 1. The predicted octanol–water partition coefficient (Wildman–Crippen LogP) is 2.88. The number of benzene rings is 1. The Hall–Kier alpha value is -2.80. The van der Waals surface area contributed by atoms with Crippen LogP contribution in [0.25, 0.3) is 5.69 Å². The quantitative estimate of drug-likeness (QED) is 0.806. The van der Waals surface area contributed by atoms with Crippen LogP contribution in [0.5, 0.6) is 0 Å². The topological polar surface area (TPSA) is 85.3 Å². The second kappa shape index (κ2) is 7.21. The monoisotopic (exact) mass is 374 g/mol. The number of aromatic nitrogens is 2. The third kappa shape index (κ3) is 3.17. The molecule has 0 aliphatic carbocycles. The summed E-state index contributed by atoms with van der Waals surface area (Å²) in [6.07, 6.45) is 0. The number of nitrogens with zero attached hydrogens (tertiary/aromatic N) is 2. The number of urea groups is 1. The number of hydrogen-bond donors (Lipinski definition) is 2. The van der Waals surface area contributed by atoms with Gasteiger partial charge in [0.05, 0.1) is 24.0 Å². The number of rotatable bonds is 4. The van der Waals surface area contributed by atoms with Crippen LogP contribution in [0.4, 0.5) is 4.79 Å². The van der Waals surface area contributed by atoms with E-state index in [0.29, 0.717) is 16.4 Å². The fourth-order valence-electron chi connectivity index (χ4n) is 3.04. The SMILES string of the molecule is C=C1NC(=O)N[C@@H](c2c(C)nn(-c3ccccc3)c2Cl)[C@@H]1C(=O)OCC. The van der Waals surface area contributed by atoms with Crippen LogP contribution in [0.3, 0.4) is 0 Å². The Bertz CT molecular complexity index is 863. The normalized spacial score (nSPS) is 19.7. The molecule has 0 saturated carbocycles. The van der Waals surface area contributed by atoms with E-state index in [-0.39, 0.29) is 12.3 Å². The second-order valence-electron chi connectivity index (χ2n) is 5.87. The van der Waals surface area contributed by atoms with Gasteiger partial charge in [0.1, 0.15) is 11.1 Å². The summed E-state index contributed by atoms with van der Waals surface area (Å²) in [6.45, 7) is 7.52. The van der Waals surface area contributed by atoms with E-state index in [0.717, 1.165) is 5.69 Å². The lowest BCUT2D eigenvalue weighted by atomic mass is 9.89. The van der Waals surface area contributed by atoms with Crippen molar-refractivity contribution in [2.75, 3.05) is 6.61 Å². The van der Waals surface area contributed by atoms with Crippen molar-refractivity contribution in [1.29, 1.82) is 0 Å². The molecule has 2 amide bonds. The Balaban J connectivity index is 2.08. The molecule has 2 atom stereocenters. The van der Waals surface area contributed by atoms with Crippen molar-refractivity contribution in [1.82, 2.24) is 20.4 Å². The average molecular weight is 375 g/mol. The number of hydrogen-bond acceptors (Lipinski definition) is 4. The molecule has 0 bridgehead atoms. The minimum Gasteiger partial charge on any atom is -0.465 e. The first kappa shape index (κ1) is 18.0. The van der Waals surface area contributed by atoms with Crippen molar-refractivity contribution in [3.8, 4) is 5.69 Å². The van der Waals surface area contributed by atoms with Gasteiger partial charge in [0.25, 0.3) is 0 Å². The zero-order valence-electron chi connectivity index (χ0n) is 14.5. The highest BCUT2D eigenvalue weighted by molar-refractivity contribution is 6.30. The summed E-state index contributed by atoms with van der Waals surface area (Å²) in [7, 11) is 0. The molecule has 3 rings (SSSR count). The van der Waals surface area contributed by atoms with E-state index in [1.807, 2.05) is 30.3 Å². The van der Waals surface area contributed by atoms with Crippen LogP contribution in [0.15, 0.2) is 42.6 Å². The van der Waals surface area contributed by atoms with Gasteiger partial charge < -0.3 is 15.4 Å². The van der Waals surface area contributed by atoms with Crippen molar-refractivity contribution < 1.29 is 14.3 Å². The maximum absolute atomic E-state index is 12.5. The molecule has 2 N–H and O–H groups in total. The van der Waals surface area contributed by atoms with Crippen molar-refractivity contribution in [3.63, 3.8) is 0 Å². The van der Waals surface area contributed by atoms with E-state index in [1.165, 1.54) is 0 Å². The largest absolute Gasteiger partial charge is 0.465 e. The minimum absolute atomic E-state index is 0.221. The second-order valence-corrected chi connectivity index (χ2v) is 6.23. The van der Waals surface area contributed by atoms with Gasteiger partial charge in [-0.15, -0.1) is 0 Å². The van der Waals surface area contributed by atoms with Crippen LogP contribution in [0, 0.1) is 12.8 Å². The Morgan fingerprint density at radius 3 is 2.73 bits per heavy atom. The first-order valence-electron chi connectivity index (χ1n) is 8.17. The molecule has 8 heteroatoms. The molecule has 7 nitrogen and oxygen atoms in total. The van der Waals surface area contributed by atoms with Gasteiger partial charge in [0.15, 0.2) is 0 Å². The highest BCUT2D eigenvalue weighted by Crippen LogP contribution is 2.37. The van der Waals surface area contributed by atoms with E-state index in [4.69, 9.17) is 16.3 Å². The fraction of sp³-hybridized carbons (Fsp3) is 0.278. The summed E-state index contributed by atoms with van der Waals surface area (Å²) in [5.41, 5.74) is 2.21. The molecule has 2 heterocycles. The maximum atomic E-state index is 12.5. The Morgan fingerprint density at radius 2 is 2.08 bits per heavy atom. The van der Waals surface area contributed by atoms with Gasteiger partial charge in [-0.25, -0.2) is 9.48 Å². The standard InChI is InChI=1S/C18H19ClN4O3/c1-4-26-17(24)14-10(2)20-18(25)21-15(14)13-11(3)22-23(16(13)19)12-8-6-5-7-9-12/h5-9,14-15H,2,4H2,1,3H3,(H2,20,21,25)/t14-,15+/m1/s1. The zero-order chi connectivity index (χ0) is 18.8. The first-order valence-corrected chi connectivity index (χ1v) is 8.55. The van der Waals surface area contributed by atoms with E-state index in [1.54, 1.807) is 18.5 Å². The number of nitrogens with one attached hydrogen (secondary N) is 2. The van der Waals surface area contributed by atoms with Gasteiger partial charge in [-0.3, -0.25) is 4.79 Å². The number of carbonyl (C=O) groups excluding carboxylic acids is 2.